The number of hydrogen-bond acceptors (Lipinski definition) is 6. The van der Waals surface area contributed by atoms with Crippen LogP contribution in [0.4, 0.5) is 5.95 Å². The molecule has 1 saturated carbocycles. The molecular weight excluding hydrogens is 424 g/mol. The van der Waals surface area contributed by atoms with Crippen molar-refractivity contribution < 1.29 is 5.11 Å². The zero-order valence-corrected chi connectivity index (χ0v) is 19.5. The molecular formula is C27H30N6O. The average Bonchev–Trinajstić information content (AvgIpc) is 3.58. The molecule has 6 rings (SSSR count). The molecule has 34 heavy (non-hydrogen) atoms. The minimum Gasteiger partial charge on any atom is -0.508 e. The Morgan fingerprint density at radius 2 is 1.97 bits per heavy atom. The van der Waals surface area contributed by atoms with Crippen molar-refractivity contribution in [3.05, 3.63) is 65.4 Å². The predicted molar refractivity (Wildman–Crippen MR) is 134 cm³/mol. The monoisotopic (exact) mass is 454 g/mol. The summed E-state index contributed by atoms with van der Waals surface area (Å²) < 4.78 is 1.85. The molecule has 7 nitrogen and oxygen atoms in total. The van der Waals surface area contributed by atoms with E-state index in [1.165, 1.54) is 42.4 Å². The van der Waals surface area contributed by atoms with Gasteiger partial charge in [-0.2, -0.15) is 10.1 Å². The molecule has 2 aliphatic carbocycles. The van der Waals surface area contributed by atoms with E-state index in [0.717, 1.165) is 41.7 Å². The molecule has 0 bridgehead atoms. The molecule has 2 aromatic heterocycles. The van der Waals surface area contributed by atoms with Gasteiger partial charge >= 0.3 is 0 Å². The third-order valence-corrected chi connectivity index (χ3v) is 7.23. The molecule has 0 radical (unpaired) electrons. The fourth-order valence-corrected chi connectivity index (χ4v) is 5.44. The number of nitrogens with one attached hydrogen (secondary N) is 2. The predicted octanol–water partition coefficient (Wildman–Crippen LogP) is 4.87. The summed E-state index contributed by atoms with van der Waals surface area (Å²) in [6, 6.07) is 15.0. The van der Waals surface area contributed by atoms with Crippen molar-refractivity contribution in [1.82, 2.24) is 25.1 Å². The lowest BCUT2D eigenvalue weighted by molar-refractivity contribution is 0.471. The number of phenols is 1. The molecule has 7 heteroatoms. The smallest absolute Gasteiger partial charge is 0.224 e. The van der Waals surface area contributed by atoms with E-state index in [9.17, 15) is 5.11 Å². The summed E-state index contributed by atoms with van der Waals surface area (Å²) in [5, 5.41) is 22.8. The first kappa shape index (κ1) is 21.1. The molecule has 0 aliphatic heterocycles. The van der Waals surface area contributed by atoms with Gasteiger partial charge in [-0.1, -0.05) is 37.1 Å². The van der Waals surface area contributed by atoms with E-state index in [0.29, 0.717) is 17.7 Å². The summed E-state index contributed by atoms with van der Waals surface area (Å²) in [5.74, 6) is 1.02. The Hall–Kier alpha value is -3.45. The number of nitrogens with zero attached hydrogens (tertiary/aromatic N) is 4. The summed E-state index contributed by atoms with van der Waals surface area (Å²) in [5.41, 5.74) is 6.55. The first-order chi connectivity index (χ1) is 16.6. The van der Waals surface area contributed by atoms with E-state index in [4.69, 9.17) is 10.1 Å². The summed E-state index contributed by atoms with van der Waals surface area (Å²) in [4.78, 5) is 9.37. The Balaban J connectivity index is 1.22. The minimum absolute atomic E-state index is 0.264. The van der Waals surface area contributed by atoms with E-state index in [1.807, 2.05) is 30.1 Å². The van der Waals surface area contributed by atoms with Crippen LogP contribution in [0.15, 0.2) is 48.7 Å². The van der Waals surface area contributed by atoms with Gasteiger partial charge in [0.05, 0.1) is 5.39 Å². The lowest BCUT2D eigenvalue weighted by Crippen LogP contribution is -2.18. The fraction of sp³-hybridized carbons (Fsp3) is 0.370. The molecule has 1 fully saturated rings. The van der Waals surface area contributed by atoms with Gasteiger partial charge in [-0.15, -0.1) is 0 Å². The van der Waals surface area contributed by atoms with Crippen LogP contribution in [-0.2, 0) is 20.0 Å². The fourth-order valence-electron chi connectivity index (χ4n) is 5.44. The van der Waals surface area contributed by atoms with Crippen molar-refractivity contribution in [2.75, 3.05) is 5.32 Å². The van der Waals surface area contributed by atoms with Gasteiger partial charge in [-0.05, 0) is 60.6 Å². The van der Waals surface area contributed by atoms with Gasteiger partial charge in [-0.3, -0.25) is 0 Å². The Morgan fingerprint density at radius 1 is 1.09 bits per heavy atom. The molecule has 174 valence electrons. The second-order valence-corrected chi connectivity index (χ2v) is 9.58. The number of benzene rings is 2. The highest BCUT2D eigenvalue weighted by atomic mass is 16.3. The number of anilines is 1. The number of hydrogen-bond donors (Lipinski definition) is 3. The van der Waals surface area contributed by atoms with Crippen molar-refractivity contribution >= 4 is 17.0 Å². The Morgan fingerprint density at radius 3 is 2.85 bits per heavy atom. The highest BCUT2D eigenvalue weighted by molar-refractivity contribution is 5.91. The number of rotatable bonds is 6. The van der Waals surface area contributed by atoms with E-state index >= 15 is 0 Å². The molecule has 4 aromatic rings. The lowest BCUT2D eigenvalue weighted by Gasteiger charge is -2.15. The van der Waals surface area contributed by atoms with Crippen LogP contribution in [0.2, 0.25) is 0 Å². The van der Waals surface area contributed by atoms with Crippen molar-refractivity contribution in [3.63, 3.8) is 0 Å². The lowest BCUT2D eigenvalue weighted by atomic mass is 10.0. The van der Waals surface area contributed by atoms with E-state index in [2.05, 4.69) is 39.9 Å². The first-order valence-electron chi connectivity index (χ1n) is 12.2. The molecule has 2 aromatic carbocycles. The Bertz CT molecular complexity index is 1340. The molecule has 2 aliphatic rings. The van der Waals surface area contributed by atoms with Crippen molar-refractivity contribution in [3.8, 4) is 17.0 Å². The van der Waals surface area contributed by atoms with Gasteiger partial charge in [0, 0.05) is 37.4 Å². The third-order valence-electron chi connectivity index (χ3n) is 7.23. The van der Waals surface area contributed by atoms with Crippen LogP contribution < -0.4 is 10.6 Å². The molecule has 1 atom stereocenters. The maximum Gasteiger partial charge on any atom is 0.224 e. The van der Waals surface area contributed by atoms with Crippen LogP contribution in [0.3, 0.4) is 0 Å². The van der Waals surface area contributed by atoms with Gasteiger partial charge in [0.1, 0.15) is 11.4 Å². The van der Waals surface area contributed by atoms with Gasteiger partial charge in [0.25, 0.3) is 0 Å². The zero-order chi connectivity index (χ0) is 23.1. The number of phenolic OH excluding ortho intramolecular Hbond substituents is 1. The van der Waals surface area contributed by atoms with E-state index in [-0.39, 0.29) is 6.04 Å². The van der Waals surface area contributed by atoms with Gasteiger partial charge in [0.2, 0.25) is 5.95 Å². The number of aromatic hydroxyl groups is 1. The number of fused-ring (bicyclic) bond motifs is 2. The molecule has 0 spiro atoms. The Labute approximate surface area is 199 Å². The number of aryl methyl sites for hydroxylation is 2. The van der Waals surface area contributed by atoms with Gasteiger partial charge < -0.3 is 15.7 Å². The molecule has 2 heterocycles. The summed E-state index contributed by atoms with van der Waals surface area (Å²) in [6.45, 7) is 0.754. The van der Waals surface area contributed by atoms with E-state index < -0.39 is 0 Å². The summed E-state index contributed by atoms with van der Waals surface area (Å²) in [7, 11) is 1.94. The summed E-state index contributed by atoms with van der Waals surface area (Å²) in [6.07, 6.45) is 8.92. The Kier molecular flexibility index (Phi) is 5.41. The average molecular weight is 455 g/mol. The maximum atomic E-state index is 9.89. The van der Waals surface area contributed by atoms with Crippen LogP contribution in [0.1, 0.15) is 54.8 Å². The highest BCUT2D eigenvalue weighted by Gasteiger charge is 2.22. The highest BCUT2D eigenvalue weighted by Crippen LogP contribution is 2.34. The van der Waals surface area contributed by atoms with Crippen molar-refractivity contribution in [2.45, 2.75) is 57.2 Å². The molecule has 3 N–H and O–H groups in total. The third kappa shape index (κ3) is 4.01. The van der Waals surface area contributed by atoms with Crippen LogP contribution in [0.25, 0.3) is 22.3 Å². The quantitative estimate of drug-likeness (QED) is 0.385. The van der Waals surface area contributed by atoms with E-state index in [1.54, 1.807) is 6.07 Å². The molecule has 0 unspecified atom stereocenters. The summed E-state index contributed by atoms with van der Waals surface area (Å²) >= 11 is 0. The molecule has 0 amide bonds. The SMILES string of the molecule is Cn1nc(-c2cccc(CN[C@@H]3CCc4ccc(O)cc43)c2)c2cnc(NC3CCCC3)nc21. The topological polar surface area (TPSA) is 87.9 Å². The van der Waals surface area contributed by atoms with Crippen LogP contribution in [0, 0.1) is 0 Å². The standard InChI is InChI=1S/C27H30N6O/c1-33-26-23(16-29-27(31-26)30-20-7-2-3-8-20)25(32-33)19-6-4-5-17(13-19)15-28-24-12-10-18-9-11-21(34)14-22(18)24/h4-6,9,11,13-14,16,20,24,28,34H,2-3,7-8,10,12,15H2,1H3,(H,29,30,31)/t24-/m1/s1. The minimum atomic E-state index is 0.264. The second-order valence-electron chi connectivity index (χ2n) is 9.58. The van der Waals surface area contributed by atoms with Crippen LogP contribution >= 0.6 is 0 Å². The van der Waals surface area contributed by atoms with Gasteiger partial charge in [0.15, 0.2) is 5.65 Å². The van der Waals surface area contributed by atoms with Crippen molar-refractivity contribution in [1.29, 1.82) is 0 Å². The number of aromatic nitrogens is 4. The largest absolute Gasteiger partial charge is 0.508 e. The normalized spacial score (nSPS) is 18.0. The molecule has 0 saturated heterocycles. The van der Waals surface area contributed by atoms with Crippen LogP contribution in [-0.4, -0.2) is 30.9 Å². The van der Waals surface area contributed by atoms with Crippen molar-refractivity contribution in [2.24, 2.45) is 7.05 Å². The first-order valence-corrected chi connectivity index (χ1v) is 12.2. The second kappa shape index (κ2) is 8.72. The van der Waals surface area contributed by atoms with Crippen LogP contribution in [0.5, 0.6) is 5.75 Å². The maximum absolute atomic E-state index is 9.89. The van der Waals surface area contributed by atoms with Gasteiger partial charge in [-0.25, -0.2) is 9.67 Å². The zero-order valence-electron chi connectivity index (χ0n) is 19.5.